The first-order valence-corrected chi connectivity index (χ1v) is 3.88. The highest BCUT2D eigenvalue weighted by Crippen LogP contribution is 2.18. The van der Waals surface area contributed by atoms with Crippen molar-refractivity contribution >= 4 is 0 Å². The summed E-state index contributed by atoms with van der Waals surface area (Å²) < 4.78 is 10.8. The standard InChI is InChI=1S/C7H13NO2/c1-2-8-3-6-5-9-7(4-8)10-6/h6-7H,2-5H2,1H3/t6-,7?/m0/s1. The summed E-state index contributed by atoms with van der Waals surface area (Å²) in [5.41, 5.74) is 0. The van der Waals surface area contributed by atoms with Crippen LogP contribution >= 0.6 is 0 Å². The second-order valence-electron chi connectivity index (χ2n) is 2.87. The number of ether oxygens (including phenoxy) is 2. The third-order valence-corrected chi connectivity index (χ3v) is 2.13. The molecule has 0 amide bonds. The number of hydrogen-bond donors (Lipinski definition) is 0. The van der Waals surface area contributed by atoms with Crippen LogP contribution in [0.3, 0.4) is 0 Å². The fraction of sp³-hybridized carbons (Fsp3) is 1.00. The maximum absolute atomic E-state index is 5.47. The first-order chi connectivity index (χ1) is 4.88. The first kappa shape index (κ1) is 6.58. The Morgan fingerprint density at radius 1 is 1.50 bits per heavy atom. The van der Waals surface area contributed by atoms with Gasteiger partial charge in [0, 0.05) is 13.1 Å². The lowest BCUT2D eigenvalue weighted by atomic mass is 10.3. The van der Waals surface area contributed by atoms with E-state index in [-0.39, 0.29) is 6.29 Å². The monoisotopic (exact) mass is 143 g/mol. The predicted molar refractivity (Wildman–Crippen MR) is 36.7 cm³/mol. The minimum absolute atomic E-state index is 0.0682. The summed E-state index contributed by atoms with van der Waals surface area (Å²) in [4.78, 5) is 2.37. The van der Waals surface area contributed by atoms with Gasteiger partial charge in [-0.05, 0) is 6.54 Å². The van der Waals surface area contributed by atoms with E-state index in [2.05, 4.69) is 11.8 Å². The summed E-state index contributed by atoms with van der Waals surface area (Å²) in [5, 5.41) is 0. The Labute approximate surface area is 60.9 Å². The van der Waals surface area contributed by atoms with Gasteiger partial charge in [-0.1, -0.05) is 6.92 Å². The number of hydrogen-bond acceptors (Lipinski definition) is 3. The third-order valence-electron chi connectivity index (χ3n) is 2.13. The van der Waals surface area contributed by atoms with Crippen LogP contribution in [-0.2, 0) is 9.47 Å². The number of nitrogens with zero attached hydrogens (tertiary/aromatic N) is 1. The molecule has 0 aromatic heterocycles. The molecule has 0 aromatic carbocycles. The molecule has 2 fully saturated rings. The Morgan fingerprint density at radius 2 is 2.40 bits per heavy atom. The lowest BCUT2D eigenvalue weighted by Gasteiger charge is -2.28. The first-order valence-electron chi connectivity index (χ1n) is 3.88. The van der Waals surface area contributed by atoms with Crippen molar-refractivity contribution < 1.29 is 9.47 Å². The molecule has 2 aliphatic heterocycles. The van der Waals surface area contributed by atoms with E-state index < -0.39 is 0 Å². The van der Waals surface area contributed by atoms with Crippen LogP contribution in [0.4, 0.5) is 0 Å². The Kier molecular flexibility index (Phi) is 1.64. The van der Waals surface area contributed by atoms with E-state index in [1.54, 1.807) is 0 Å². The van der Waals surface area contributed by atoms with Crippen LogP contribution in [-0.4, -0.2) is 43.5 Å². The molecule has 2 aliphatic rings. The Hall–Kier alpha value is -0.120. The number of morpholine rings is 1. The molecule has 2 bridgehead atoms. The molecular formula is C7H13NO2. The van der Waals surface area contributed by atoms with Crippen molar-refractivity contribution in [2.75, 3.05) is 26.2 Å². The summed E-state index contributed by atoms with van der Waals surface area (Å²) >= 11 is 0. The Morgan fingerprint density at radius 3 is 3.10 bits per heavy atom. The SMILES string of the molecule is CCN1CC2OC[C@H](C1)O2. The zero-order chi connectivity index (χ0) is 6.97. The molecular weight excluding hydrogens is 130 g/mol. The normalized spacial score (nSPS) is 40.5. The molecule has 2 heterocycles. The summed E-state index contributed by atoms with van der Waals surface area (Å²) in [5.74, 6) is 0. The van der Waals surface area contributed by atoms with Gasteiger partial charge in [0.15, 0.2) is 6.29 Å². The zero-order valence-corrected chi connectivity index (χ0v) is 6.25. The average molecular weight is 143 g/mol. The van der Waals surface area contributed by atoms with Gasteiger partial charge in [-0.3, -0.25) is 4.90 Å². The maximum atomic E-state index is 5.47. The molecule has 10 heavy (non-hydrogen) atoms. The topological polar surface area (TPSA) is 21.7 Å². The van der Waals surface area contributed by atoms with Gasteiger partial charge in [0.2, 0.25) is 0 Å². The molecule has 0 radical (unpaired) electrons. The van der Waals surface area contributed by atoms with Gasteiger partial charge >= 0.3 is 0 Å². The highest BCUT2D eigenvalue weighted by molar-refractivity contribution is 4.77. The Bertz CT molecular complexity index is 117. The van der Waals surface area contributed by atoms with Gasteiger partial charge < -0.3 is 9.47 Å². The molecule has 2 saturated heterocycles. The summed E-state index contributed by atoms with van der Waals surface area (Å²) in [6, 6.07) is 0. The molecule has 0 saturated carbocycles. The van der Waals surface area contributed by atoms with Crippen LogP contribution in [0.2, 0.25) is 0 Å². The van der Waals surface area contributed by atoms with Gasteiger partial charge in [0.05, 0.1) is 12.7 Å². The fourth-order valence-electron chi connectivity index (χ4n) is 1.53. The highest BCUT2D eigenvalue weighted by Gasteiger charge is 2.33. The van der Waals surface area contributed by atoms with Crippen molar-refractivity contribution in [3.63, 3.8) is 0 Å². The number of fused-ring (bicyclic) bond motifs is 2. The van der Waals surface area contributed by atoms with Crippen molar-refractivity contribution in [2.45, 2.75) is 19.3 Å². The van der Waals surface area contributed by atoms with E-state index in [9.17, 15) is 0 Å². The minimum Gasteiger partial charge on any atom is -0.349 e. The van der Waals surface area contributed by atoms with Crippen LogP contribution in [0.1, 0.15) is 6.92 Å². The zero-order valence-electron chi connectivity index (χ0n) is 6.25. The van der Waals surface area contributed by atoms with E-state index in [4.69, 9.17) is 9.47 Å². The predicted octanol–water partition coefficient (Wildman–Crippen LogP) is 0.0634. The van der Waals surface area contributed by atoms with Gasteiger partial charge in [0.25, 0.3) is 0 Å². The number of likely N-dealkylation sites (N-methyl/N-ethyl adjacent to an activating group) is 1. The van der Waals surface area contributed by atoms with Crippen molar-refractivity contribution in [2.24, 2.45) is 0 Å². The van der Waals surface area contributed by atoms with E-state index in [1.165, 1.54) is 0 Å². The van der Waals surface area contributed by atoms with Crippen LogP contribution < -0.4 is 0 Å². The summed E-state index contributed by atoms with van der Waals surface area (Å²) in [6.45, 7) is 6.08. The van der Waals surface area contributed by atoms with E-state index in [0.29, 0.717) is 6.10 Å². The molecule has 2 atom stereocenters. The summed E-state index contributed by atoms with van der Waals surface area (Å²) in [6.07, 6.45) is 0.414. The summed E-state index contributed by atoms with van der Waals surface area (Å²) in [7, 11) is 0. The van der Waals surface area contributed by atoms with Crippen molar-refractivity contribution in [3.8, 4) is 0 Å². The van der Waals surface area contributed by atoms with Crippen molar-refractivity contribution in [3.05, 3.63) is 0 Å². The smallest absolute Gasteiger partial charge is 0.170 e. The van der Waals surface area contributed by atoms with Crippen LogP contribution in [0.15, 0.2) is 0 Å². The molecule has 2 rings (SSSR count). The molecule has 1 unspecified atom stereocenters. The van der Waals surface area contributed by atoms with Crippen LogP contribution in [0.5, 0.6) is 0 Å². The van der Waals surface area contributed by atoms with Gasteiger partial charge in [-0.25, -0.2) is 0 Å². The molecule has 0 spiro atoms. The quantitative estimate of drug-likeness (QED) is 0.518. The molecule has 0 N–H and O–H groups in total. The Balaban J connectivity index is 1.96. The lowest BCUT2D eigenvalue weighted by Crippen LogP contribution is -2.42. The third kappa shape index (κ3) is 1.05. The van der Waals surface area contributed by atoms with Crippen LogP contribution in [0, 0.1) is 0 Å². The second-order valence-corrected chi connectivity index (χ2v) is 2.87. The molecule has 3 heteroatoms. The maximum Gasteiger partial charge on any atom is 0.170 e. The van der Waals surface area contributed by atoms with Gasteiger partial charge in [-0.2, -0.15) is 0 Å². The van der Waals surface area contributed by atoms with Crippen molar-refractivity contribution in [1.82, 2.24) is 4.90 Å². The van der Waals surface area contributed by atoms with E-state index >= 15 is 0 Å². The second kappa shape index (κ2) is 2.49. The average Bonchev–Trinajstić information content (AvgIpc) is 2.30. The van der Waals surface area contributed by atoms with E-state index in [0.717, 1.165) is 26.2 Å². The lowest BCUT2D eigenvalue weighted by molar-refractivity contribution is -0.107. The highest BCUT2D eigenvalue weighted by atomic mass is 16.7. The van der Waals surface area contributed by atoms with Gasteiger partial charge in [-0.15, -0.1) is 0 Å². The molecule has 0 aromatic rings. The van der Waals surface area contributed by atoms with Crippen molar-refractivity contribution in [1.29, 1.82) is 0 Å². The van der Waals surface area contributed by atoms with Crippen LogP contribution in [0.25, 0.3) is 0 Å². The molecule has 0 aliphatic carbocycles. The number of rotatable bonds is 1. The molecule has 3 nitrogen and oxygen atoms in total. The largest absolute Gasteiger partial charge is 0.349 e. The van der Waals surface area contributed by atoms with E-state index in [1.807, 2.05) is 0 Å². The molecule has 58 valence electrons. The minimum atomic E-state index is 0.0682. The fourth-order valence-corrected chi connectivity index (χ4v) is 1.53. The van der Waals surface area contributed by atoms with Gasteiger partial charge in [0.1, 0.15) is 0 Å².